The number of rotatable bonds is 4. The number of fused-ring (bicyclic) bond motifs is 1. The minimum absolute atomic E-state index is 0.0125. The highest BCUT2D eigenvalue weighted by atomic mass is 32.2. The van der Waals surface area contributed by atoms with Crippen LogP contribution in [0.2, 0.25) is 0 Å². The van der Waals surface area contributed by atoms with E-state index in [1.165, 1.54) is 5.56 Å². The molecule has 2 unspecified atom stereocenters. The Kier molecular flexibility index (Phi) is 5.50. The highest BCUT2D eigenvalue weighted by Crippen LogP contribution is 2.30. The molecule has 1 aromatic rings. The summed E-state index contributed by atoms with van der Waals surface area (Å²) in [6, 6.07) is 7.28. The Balaban J connectivity index is 1.49. The first-order chi connectivity index (χ1) is 12.4. The van der Waals surface area contributed by atoms with E-state index in [2.05, 4.69) is 10.6 Å². The van der Waals surface area contributed by atoms with Gasteiger partial charge in [0.25, 0.3) is 0 Å². The number of amides is 3. The van der Waals surface area contributed by atoms with Gasteiger partial charge in [-0.3, -0.25) is 4.79 Å². The van der Waals surface area contributed by atoms with Crippen molar-refractivity contribution in [3.63, 3.8) is 0 Å². The second kappa shape index (κ2) is 7.65. The molecular formula is C18H25N3O4S. The largest absolute Gasteiger partial charge is 0.338 e. The minimum Gasteiger partial charge on any atom is -0.338 e. The molecule has 1 saturated heterocycles. The number of para-hydroxylation sites is 1. The maximum absolute atomic E-state index is 12.7. The van der Waals surface area contributed by atoms with E-state index < -0.39 is 15.9 Å². The van der Waals surface area contributed by atoms with Gasteiger partial charge in [0.15, 0.2) is 9.84 Å². The molecule has 1 fully saturated rings. The van der Waals surface area contributed by atoms with Gasteiger partial charge in [-0.05, 0) is 37.8 Å². The Labute approximate surface area is 154 Å². The summed E-state index contributed by atoms with van der Waals surface area (Å²) in [6.07, 6.45) is 2.53. The van der Waals surface area contributed by atoms with Gasteiger partial charge < -0.3 is 15.5 Å². The van der Waals surface area contributed by atoms with E-state index in [-0.39, 0.29) is 42.5 Å². The van der Waals surface area contributed by atoms with Crippen molar-refractivity contribution in [1.82, 2.24) is 10.6 Å². The number of aryl methyl sites for hydroxylation is 1. The van der Waals surface area contributed by atoms with Crippen molar-refractivity contribution >= 4 is 27.5 Å². The summed E-state index contributed by atoms with van der Waals surface area (Å²) < 4.78 is 22.8. The smallest absolute Gasteiger partial charge is 0.315 e. The zero-order chi connectivity index (χ0) is 18.7. The van der Waals surface area contributed by atoms with Gasteiger partial charge in [-0.15, -0.1) is 0 Å². The lowest BCUT2D eigenvalue weighted by Crippen LogP contribution is -2.45. The summed E-state index contributed by atoms with van der Waals surface area (Å²) in [5, 5.41) is 5.31. The normalized spacial score (nSPS) is 24.0. The van der Waals surface area contributed by atoms with Crippen LogP contribution in [0.5, 0.6) is 0 Å². The number of hydrogen-bond donors (Lipinski definition) is 2. The van der Waals surface area contributed by atoms with Crippen LogP contribution in [0.3, 0.4) is 0 Å². The fraction of sp³-hybridized carbons (Fsp3) is 0.556. The van der Waals surface area contributed by atoms with E-state index in [0.717, 1.165) is 18.5 Å². The quantitative estimate of drug-likeness (QED) is 0.822. The predicted molar refractivity (Wildman–Crippen MR) is 99.9 cm³/mol. The first-order valence-corrected chi connectivity index (χ1v) is 10.8. The van der Waals surface area contributed by atoms with E-state index in [4.69, 9.17) is 0 Å². The molecule has 8 heteroatoms. The molecule has 0 aromatic heterocycles. The Bertz CT molecular complexity index is 793. The molecule has 2 atom stereocenters. The van der Waals surface area contributed by atoms with E-state index in [9.17, 15) is 18.0 Å². The number of urea groups is 1. The Morgan fingerprint density at radius 2 is 2.00 bits per heavy atom. The maximum Gasteiger partial charge on any atom is 0.315 e. The molecule has 0 bridgehead atoms. The third-order valence-electron chi connectivity index (χ3n) is 4.98. The van der Waals surface area contributed by atoms with Gasteiger partial charge >= 0.3 is 6.03 Å². The van der Waals surface area contributed by atoms with Gasteiger partial charge in [-0.1, -0.05) is 18.2 Å². The molecule has 2 N–H and O–H groups in total. The number of hydrogen-bond acceptors (Lipinski definition) is 4. The highest BCUT2D eigenvalue weighted by molar-refractivity contribution is 7.91. The number of carbonyl (C=O) groups excluding carboxylic acids is 2. The van der Waals surface area contributed by atoms with Crippen molar-refractivity contribution < 1.29 is 18.0 Å². The molecule has 0 aliphatic carbocycles. The Hall–Kier alpha value is -2.09. The molecule has 0 spiro atoms. The zero-order valence-corrected chi connectivity index (χ0v) is 15.7. The lowest BCUT2D eigenvalue weighted by Gasteiger charge is -2.35. The monoisotopic (exact) mass is 379 g/mol. The standard InChI is InChI=1S/C18H25N3O4S/c1-13-6-7-14-4-2-3-5-16(14)21(13)17(22)8-10-19-18(23)20-15-9-11-26(24,25)12-15/h2-5,13,15H,6-12H2,1H3,(H2,19,20,23). The van der Waals surface area contributed by atoms with Crippen LogP contribution in [0.4, 0.5) is 10.5 Å². The molecule has 3 amide bonds. The van der Waals surface area contributed by atoms with Crippen LogP contribution >= 0.6 is 0 Å². The second-order valence-electron chi connectivity index (χ2n) is 7.03. The molecule has 3 rings (SSSR count). The van der Waals surface area contributed by atoms with Crippen molar-refractivity contribution in [2.45, 2.75) is 44.7 Å². The van der Waals surface area contributed by atoms with Gasteiger partial charge in [0.1, 0.15) is 0 Å². The van der Waals surface area contributed by atoms with Crippen LogP contribution in [0.1, 0.15) is 31.7 Å². The number of anilines is 1. The van der Waals surface area contributed by atoms with Crippen LogP contribution < -0.4 is 15.5 Å². The van der Waals surface area contributed by atoms with Crippen molar-refractivity contribution in [2.24, 2.45) is 0 Å². The molecule has 142 valence electrons. The molecule has 2 aliphatic rings. The summed E-state index contributed by atoms with van der Waals surface area (Å²) in [4.78, 5) is 26.4. The van der Waals surface area contributed by atoms with Gasteiger partial charge in [0.05, 0.1) is 11.5 Å². The minimum atomic E-state index is -3.03. The first-order valence-electron chi connectivity index (χ1n) is 9.00. The summed E-state index contributed by atoms with van der Waals surface area (Å²) in [6.45, 7) is 2.25. The van der Waals surface area contributed by atoms with Gasteiger partial charge in [0, 0.05) is 30.7 Å². The summed E-state index contributed by atoms with van der Waals surface area (Å²) in [5.41, 5.74) is 2.13. The third kappa shape index (κ3) is 4.35. The van der Waals surface area contributed by atoms with Crippen molar-refractivity contribution in [1.29, 1.82) is 0 Å². The number of sulfone groups is 1. The first kappa shape index (κ1) is 18.7. The average molecular weight is 379 g/mol. The van der Waals surface area contributed by atoms with Crippen molar-refractivity contribution in [2.75, 3.05) is 23.0 Å². The van der Waals surface area contributed by atoms with Crippen LogP contribution in [0, 0.1) is 0 Å². The fourth-order valence-electron chi connectivity index (χ4n) is 3.62. The maximum atomic E-state index is 12.7. The highest BCUT2D eigenvalue weighted by Gasteiger charge is 2.29. The van der Waals surface area contributed by atoms with E-state index >= 15 is 0 Å². The number of nitrogens with zero attached hydrogens (tertiary/aromatic N) is 1. The predicted octanol–water partition coefficient (Wildman–Crippen LogP) is 1.23. The number of benzene rings is 1. The topological polar surface area (TPSA) is 95.6 Å². The Morgan fingerprint density at radius 3 is 2.73 bits per heavy atom. The van der Waals surface area contributed by atoms with E-state index in [1.54, 1.807) is 0 Å². The van der Waals surface area contributed by atoms with E-state index in [0.29, 0.717) is 6.42 Å². The summed E-state index contributed by atoms with van der Waals surface area (Å²) >= 11 is 0. The lowest BCUT2D eigenvalue weighted by atomic mass is 9.96. The molecule has 26 heavy (non-hydrogen) atoms. The van der Waals surface area contributed by atoms with E-state index in [1.807, 2.05) is 36.1 Å². The summed E-state index contributed by atoms with van der Waals surface area (Å²) in [5.74, 6) is 0.0813. The van der Waals surface area contributed by atoms with Crippen molar-refractivity contribution in [3.05, 3.63) is 29.8 Å². The SMILES string of the molecule is CC1CCc2ccccc2N1C(=O)CCNC(=O)NC1CCS(=O)(=O)C1. The van der Waals surface area contributed by atoms with Crippen LogP contribution in [0.25, 0.3) is 0 Å². The van der Waals surface area contributed by atoms with Crippen LogP contribution in [-0.4, -0.2) is 50.5 Å². The van der Waals surface area contributed by atoms with Gasteiger partial charge in [0.2, 0.25) is 5.91 Å². The molecule has 1 aromatic carbocycles. The molecule has 0 radical (unpaired) electrons. The molecule has 2 aliphatic heterocycles. The molecular weight excluding hydrogens is 354 g/mol. The number of nitrogens with one attached hydrogen (secondary N) is 2. The van der Waals surface area contributed by atoms with Crippen LogP contribution in [0.15, 0.2) is 24.3 Å². The lowest BCUT2D eigenvalue weighted by molar-refractivity contribution is -0.119. The fourth-order valence-corrected chi connectivity index (χ4v) is 5.29. The number of carbonyl (C=O) groups is 2. The average Bonchev–Trinajstić information content (AvgIpc) is 2.93. The van der Waals surface area contributed by atoms with Gasteiger partial charge in [-0.25, -0.2) is 13.2 Å². The molecule has 7 nitrogen and oxygen atoms in total. The Morgan fingerprint density at radius 1 is 1.23 bits per heavy atom. The third-order valence-corrected chi connectivity index (χ3v) is 6.75. The molecule has 0 saturated carbocycles. The second-order valence-corrected chi connectivity index (χ2v) is 9.26. The van der Waals surface area contributed by atoms with Crippen LogP contribution in [-0.2, 0) is 21.1 Å². The summed E-state index contributed by atoms with van der Waals surface area (Å²) in [7, 11) is -3.03. The molecule has 2 heterocycles. The van der Waals surface area contributed by atoms with Crippen molar-refractivity contribution in [3.8, 4) is 0 Å². The van der Waals surface area contributed by atoms with Gasteiger partial charge in [-0.2, -0.15) is 0 Å². The zero-order valence-electron chi connectivity index (χ0n) is 14.9.